The normalized spacial score (nSPS) is 12.7. The lowest BCUT2D eigenvalue weighted by atomic mass is 10.2. The number of ether oxygens (including phenoxy) is 1. The van der Waals surface area contributed by atoms with Crippen LogP contribution in [0.25, 0.3) is 0 Å². The first-order chi connectivity index (χ1) is 9.04. The lowest BCUT2D eigenvalue weighted by Crippen LogP contribution is -2.33. The minimum Gasteiger partial charge on any atom is -0.457 e. The Balaban J connectivity index is 2.41. The Morgan fingerprint density at radius 3 is 2.84 bits per heavy atom. The van der Waals surface area contributed by atoms with Gasteiger partial charge in [0.1, 0.15) is 6.10 Å². The van der Waals surface area contributed by atoms with Crippen LogP contribution >= 0.6 is 0 Å². The average Bonchev–Trinajstić information content (AvgIpc) is 2.44. The third-order valence-electron chi connectivity index (χ3n) is 2.54. The summed E-state index contributed by atoms with van der Waals surface area (Å²) in [7, 11) is 0. The molecule has 5 nitrogen and oxygen atoms in total. The number of esters is 1. The number of nitrogens with zero attached hydrogens (tertiary/aromatic N) is 1. The van der Waals surface area contributed by atoms with Crippen LogP contribution in [-0.2, 0) is 9.53 Å². The highest BCUT2D eigenvalue weighted by Gasteiger charge is 2.12. The van der Waals surface area contributed by atoms with Gasteiger partial charge in [-0.1, -0.05) is 6.08 Å². The number of rotatable bonds is 5. The Bertz CT molecular complexity index is 469. The first kappa shape index (κ1) is 14.9. The first-order valence-corrected chi connectivity index (χ1v) is 6.06. The smallest absolute Gasteiger partial charge is 0.333 e. The maximum Gasteiger partial charge on any atom is 0.333 e. The summed E-state index contributed by atoms with van der Waals surface area (Å²) in [5.41, 5.74) is 1.02. The van der Waals surface area contributed by atoms with Gasteiger partial charge in [0.15, 0.2) is 0 Å². The summed E-state index contributed by atoms with van der Waals surface area (Å²) in [6.45, 7) is 5.44. The summed E-state index contributed by atoms with van der Waals surface area (Å²) >= 11 is 0. The minimum atomic E-state index is -0.386. The van der Waals surface area contributed by atoms with Crippen molar-refractivity contribution in [2.75, 3.05) is 6.54 Å². The molecule has 0 saturated heterocycles. The maximum absolute atomic E-state index is 11.7. The summed E-state index contributed by atoms with van der Waals surface area (Å²) in [5, 5.41) is 2.69. The van der Waals surface area contributed by atoms with E-state index in [1.54, 1.807) is 45.2 Å². The molecule has 1 aromatic heterocycles. The molecule has 102 valence electrons. The van der Waals surface area contributed by atoms with Gasteiger partial charge in [0.2, 0.25) is 0 Å². The number of allylic oxidation sites excluding steroid dienone is 1. The molecule has 1 unspecified atom stereocenters. The zero-order valence-electron chi connectivity index (χ0n) is 11.3. The Hall–Kier alpha value is -2.17. The van der Waals surface area contributed by atoms with E-state index in [4.69, 9.17) is 4.74 Å². The largest absolute Gasteiger partial charge is 0.457 e. The van der Waals surface area contributed by atoms with Crippen LogP contribution in [0, 0.1) is 0 Å². The molecule has 0 spiro atoms. The van der Waals surface area contributed by atoms with Gasteiger partial charge in [0.05, 0.1) is 12.1 Å². The zero-order chi connectivity index (χ0) is 14.3. The van der Waals surface area contributed by atoms with E-state index in [2.05, 4.69) is 10.3 Å². The van der Waals surface area contributed by atoms with Crippen molar-refractivity contribution < 1.29 is 14.3 Å². The van der Waals surface area contributed by atoms with E-state index in [0.717, 1.165) is 0 Å². The molecule has 0 radical (unpaired) electrons. The first-order valence-electron chi connectivity index (χ1n) is 6.06. The molecule has 0 aliphatic carbocycles. The van der Waals surface area contributed by atoms with Crippen molar-refractivity contribution in [2.45, 2.75) is 26.9 Å². The highest BCUT2D eigenvalue weighted by Crippen LogP contribution is 2.00. The molecule has 5 heteroatoms. The van der Waals surface area contributed by atoms with Gasteiger partial charge in [-0.15, -0.1) is 0 Å². The zero-order valence-corrected chi connectivity index (χ0v) is 11.3. The summed E-state index contributed by atoms with van der Waals surface area (Å²) < 4.78 is 5.15. The highest BCUT2D eigenvalue weighted by atomic mass is 16.5. The molecule has 1 rings (SSSR count). The number of amides is 1. The third-order valence-corrected chi connectivity index (χ3v) is 2.54. The molecule has 0 fully saturated rings. The predicted octanol–water partition coefficient (Wildman–Crippen LogP) is 1.71. The maximum atomic E-state index is 11.7. The average molecular weight is 262 g/mol. The van der Waals surface area contributed by atoms with E-state index in [1.165, 1.54) is 6.20 Å². The van der Waals surface area contributed by atoms with E-state index in [1.807, 2.05) is 0 Å². The fourth-order valence-corrected chi connectivity index (χ4v) is 1.27. The summed E-state index contributed by atoms with van der Waals surface area (Å²) in [5.74, 6) is -0.607. The lowest BCUT2D eigenvalue weighted by molar-refractivity contribution is -0.143. The second kappa shape index (κ2) is 7.31. The molecule has 0 bridgehead atoms. The fraction of sp³-hybridized carbons (Fsp3) is 0.357. The van der Waals surface area contributed by atoms with Gasteiger partial charge in [-0.2, -0.15) is 0 Å². The Morgan fingerprint density at radius 1 is 1.53 bits per heavy atom. The molecule has 1 heterocycles. The van der Waals surface area contributed by atoms with Crippen LogP contribution in [0.3, 0.4) is 0 Å². The number of aromatic nitrogens is 1. The molecule has 1 atom stereocenters. The number of carbonyl (C=O) groups excluding carboxylic acids is 2. The van der Waals surface area contributed by atoms with E-state index >= 15 is 0 Å². The lowest BCUT2D eigenvalue weighted by Gasteiger charge is -2.14. The Kier molecular flexibility index (Phi) is 5.73. The summed E-state index contributed by atoms with van der Waals surface area (Å²) in [4.78, 5) is 27.1. The van der Waals surface area contributed by atoms with Crippen molar-refractivity contribution in [3.63, 3.8) is 0 Å². The third kappa shape index (κ3) is 4.91. The van der Waals surface area contributed by atoms with Crippen LogP contribution in [0.15, 0.2) is 36.2 Å². The van der Waals surface area contributed by atoms with Crippen molar-refractivity contribution >= 4 is 11.9 Å². The molecular formula is C14H18N2O3. The second-order valence-electron chi connectivity index (χ2n) is 4.14. The predicted molar refractivity (Wildman–Crippen MR) is 71.6 cm³/mol. The van der Waals surface area contributed by atoms with Gasteiger partial charge >= 0.3 is 5.97 Å². The minimum absolute atomic E-state index is 0.237. The van der Waals surface area contributed by atoms with E-state index in [0.29, 0.717) is 11.1 Å². The molecule has 0 saturated carbocycles. The number of hydrogen-bond acceptors (Lipinski definition) is 4. The van der Waals surface area contributed by atoms with Gasteiger partial charge in [-0.25, -0.2) is 4.79 Å². The number of pyridine rings is 1. The quantitative estimate of drug-likeness (QED) is 0.648. The standard InChI is InChI=1S/C14H18N2O3/c1-4-10(2)14(18)19-11(3)8-16-13(17)12-6-5-7-15-9-12/h4-7,9,11H,8H2,1-3H3,(H,16,17). The summed E-state index contributed by atoms with van der Waals surface area (Å²) in [6.07, 6.45) is 4.38. The van der Waals surface area contributed by atoms with Crippen molar-refractivity contribution in [2.24, 2.45) is 0 Å². The van der Waals surface area contributed by atoms with Gasteiger partial charge in [0.25, 0.3) is 5.91 Å². The van der Waals surface area contributed by atoms with Crippen LogP contribution in [0.4, 0.5) is 0 Å². The van der Waals surface area contributed by atoms with Gasteiger partial charge in [-0.3, -0.25) is 9.78 Å². The van der Waals surface area contributed by atoms with Crippen LogP contribution in [0.2, 0.25) is 0 Å². The van der Waals surface area contributed by atoms with E-state index in [9.17, 15) is 9.59 Å². The topological polar surface area (TPSA) is 68.3 Å². The van der Waals surface area contributed by atoms with E-state index < -0.39 is 0 Å². The molecular weight excluding hydrogens is 244 g/mol. The second-order valence-corrected chi connectivity index (χ2v) is 4.14. The van der Waals surface area contributed by atoms with Crippen molar-refractivity contribution in [1.82, 2.24) is 10.3 Å². The van der Waals surface area contributed by atoms with Crippen molar-refractivity contribution in [3.8, 4) is 0 Å². The van der Waals surface area contributed by atoms with Gasteiger partial charge < -0.3 is 10.1 Å². The number of nitrogens with one attached hydrogen (secondary N) is 1. The van der Waals surface area contributed by atoms with Crippen LogP contribution in [-0.4, -0.2) is 29.5 Å². The Labute approximate surface area is 112 Å². The highest BCUT2D eigenvalue weighted by molar-refractivity contribution is 5.93. The number of carbonyl (C=O) groups is 2. The van der Waals surface area contributed by atoms with Crippen LogP contribution in [0.5, 0.6) is 0 Å². The molecule has 1 N–H and O–H groups in total. The fourth-order valence-electron chi connectivity index (χ4n) is 1.27. The molecule has 0 aliphatic rings. The Morgan fingerprint density at radius 2 is 2.26 bits per heavy atom. The monoisotopic (exact) mass is 262 g/mol. The van der Waals surface area contributed by atoms with Gasteiger partial charge in [-0.05, 0) is 32.9 Å². The number of hydrogen-bond donors (Lipinski definition) is 1. The van der Waals surface area contributed by atoms with Gasteiger partial charge in [0, 0.05) is 18.0 Å². The summed E-state index contributed by atoms with van der Waals surface area (Å²) in [6, 6.07) is 3.36. The molecule has 19 heavy (non-hydrogen) atoms. The molecule has 1 aromatic rings. The van der Waals surface area contributed by atoms with E-state index in [-0.39, 0.29) is 24.5 Å². The SMILES string of the molecule is CC=C(C)C(=O)OC(C)CNC(=O)c1cccnc1. The molecule has 0 aromatic carbocycles. The van der Waals surface area contributed by atoms with Crippen molar-refractivity contribution in [3.05, 3.63) is 41.7 Å². The van der Waals surface area contributed by atoms with Crippen LogP contribution in [0.1, 0.15) is 31.1 Å². The van der Waals surface area contributed by atoms with Crippen LogP contribution < -0.4 is 5.32 Å². The van der Waals surface area contributed by atoms with Crippen molar-refractivity contribution in [1.29, 1.82) is 0 Å². The molecule has 1 amide bonds. The molecule has 0 aliphatic heterocycles.